The first-order valence-corrected chi connectivity index (χ1v) is 13.6. The summed E-state index contributed by atoms with van der Waals surface area (Å²) < 4.78 is 2.64. The first-order valence-electron chi connectivity index (χ1n) is 11.8. The van der Waals surface area contributed by atoms with Crippen LogP contribution in [-0.2, 0) is 4.79 Å². The predicted octanol–water partition coefficient (Wildman–Crippen LogP) is 6.13. The molecule has 9 heteroatoms. The van der Waals surface area contributed by atoms with Gasteiger partial charge in [0.15, 0.2) is 10.3 Å². The number of hydrogen-bond donors (Lipinski definition) is 2. The first-order chi connectivity index (χ1) is 17.9. The van der Waals surface area contributed by atoms with Crippen molar-refractivity contribution in [3.05, 3.63) is 87.7 Å². The van der Waals surface area contributed by atoms with Gasteiger partial charge in [-0.2, -0.15) is 0 Å². The highest BCUT2D eigenvalue weighted by Gasteiger charge is 2.20. The molecule has 3 aromatic carbocycles. The number of benzene rings is 3. The number of fused-ring (bicyclic) bond motifs is 4. The third-order valence-corrected chi connectivity index (χ3v) is 8.31. The van der Waals surface area contributed by atoms with Crippen molar-refractivity contribution in [2.75, 3.05) is 11.1 Å². The van der Waals surface area contributed by atoms with E-state index in [9.17, 15) is 9.59 Å². The molecular weight excluding hydrogens is 502 g/mol. The molecule has 0 aliphatic rings. The summed E-state index contributed by atoms with van der Waals surface area (Å²) >= 11 is 2.68. The molecule has 0 spiro atoms. The molecule has 0 fully saturated rings. The molecule has 0 saturated heterocycles. The number of anilines is 1. The molecule has 0 unspecified atom stereocenters. The Morgan fingerprint density at radius 1 is 1.05 bits per heavy atom. The summed E-state index contributed by atoms with van der Waals surface area (Å²) in [7, 11) is 0. The Balaban J connectivity index is 1.39. The number of thiazole rings is 1. The summed E-state index contributed by atoms with van der Waals surface area (Å²) in [6.45, 7) is 6.03. The molecule has 0 bridgehead atoms. The van der Waals surface area contributed by atoms with Crippen molar-refractivity contribution in [3.63, 3.8) is 0 Å². The number of aromatic nitrogens is 4. The van der Waals surface area contributed by atoms with Crippen LogP contribution in [0.1, 0.15) is 16.7 Å². The van der Waals surface area contributed by atoms with E-state index in [1.165, 1.54) is 23.1 Å². The maximum atomic E-state index is 13.8. The van der Waals surface area contributed by atoms with Crippen LogP contribution in [0.25, 0.3) is 37.8 Å². The fourth-order valence-electron chi connectivity index (χ4n) is 4.40. The molecule has 3 aromatic heterocycles. The zero-order valence-electron chi connectivity index (χ0n) is 20.5. The molecule has 184 valence electrons. The SMILES string of the molecule is Cc1ccc2nc(NC(=O)CSc3nc4c([nH]c5ccccc54)c(=O)n3-c3cccc(C)c3C)sc2c1. The molecule has 0 radical (unpaired) electrons. The number of carbonyl (C=O) groups excluding carboxylic acids is 1. The minimum absolute atomic E-state index is 0.0835. The number of aryl methyl sites for hydroxylation is 2. The van der Waals surface area contributed by atoms with Gasteiger partial charge in [-0.1, -0.05) is 59.5 Å². The van der Waals surface area contributed by atoms with Crippen molar-refractivity contribution < 1.29 is 4.79 Å². The highest BCUT2D eigenvalue weighted by molar-refractivity contribution is 7.99. The van der Waals surface area contributed by atoms with Gasteiger partial charge in [-0.3, -0.25) is 14.2 Å². The molecule has 6 aromatic rings. The van der Waals surface area contributed by atoms with Crippen LogP contribution in [0.2, 0.25) is 0 Å². The molecule has 37 heavy (non-hydrogen) atoms. The summed E-state index contributed by atoms with van der Waals surface area (Å²) in [5.74, 6) is -0.123. The zero-order chi connectivity index (χ0) is 25.7. The Labute approximate surface area is 220 Å². The predicted molar refractivity (Wildman–Crippen MR) is 152 cm³/mol. The van der Waals surface area contributed by atoms with Gasteiger partial charge in [0, 0.05) is 10.9 Å². The van der Waals surface area contributed by atoms with Gasteiger partial charge < -0.3 is 10.3 Å². The topological polar surface area (TPSA) is 92.7 Å². The van der Waals surface area contributed by atoms with Crippen molar-refractivity contribution >= 4 is 66.3 Å². The van der Waals surface area contributed by atoms with Crippen LogP contribution in [0.3, 0.4) is 0 Å². The largest absolute Gasteiger partial charge is 0.349 e. The van der Waals surface area contributed by atoms with Crippen LogP contribution < -0.4 is 10.9 Å². The molecule has 0 atom stereocenters. The molecule has 2 N–H and O–H groups in total. The second-order valence-electron chi connectivity index (χ2n) is 8.98. The van der Waals surface area contributed by atoms with Gasteiger partial charge in [-0.15, -0.1) is 0 Å². The molecule has 7 nitrogen and oxygen atoms in total. The van der Waals surface area contributed by atoms with E-state index in [1.54, 1.807) is 4.57 Å². The molecule has 0 aliphatic heterocycles. The standard InChI is InChI=1S/C28H23N5O2S2/c1-15-11-12-20-22(13-15)37-27(30-20)31-23(34)14-36-28-32-24-18-8-4-5-9-19(18)29-25(24)26(35)33(28)21-10-6-7-16(2)17(21)3/h4-13,29H,14H2,1-3H3,(H,30,31,34). The van der Waals surface area contributed by atoms with Gasteiger partial charge in [-0.25, -0.2) is 9.97 Å². The number of para-hydroxylation sites is 1. The fraction of sp³-hybridized carbons (Fsp3) is 0.143. The van der Waals surface area contributed by atoms with E-state index in [1.807, 2.05) is 75.4 Å². The third-order valence-electron chi connectivity index (χ3n) is 6.43. The molecular formula is C28H23N5O2S2. The summed E-state index contributed by atoms with van der Waals surface area (Å²) in [4.78, 5) is 39.4. The van der Waals surface area contributed by atoms with Crippen molar-refractivity contribution in [1.82, 2.24) is 19.5 Å². The number of amides is 1. The van der Waals surface area contributed by atoms with Gasteiger partial charge >= 0.3 is 0 Å². The van der Waals surface area contributed by atoms with Crippen molar-refractivity contribution in [2.45, 2.75) is 25.9 Å². The average Bonchev–Trinajstić information content (AvgIpc) is 3.45. The van der Waals surface area contributed by atoms with E-state index in [-0.39, 0.29) is 17.2 Å². The minimum Gasteiger partial charge on any atom is -0.349 e. The van der Waals surface area contributed by atoms with Crippen LogP contribution in [0.15, 0.2) is 70.6 Å². The number of nitrogens with one attached hydrogen (secondary N) is 2. The van der Waals surface area contributed by atoms with E-state index >= 15 is 0 Å². The summed E-state index contributed by atoms with van der Waals surface area (Å²) in [6.07, 6.45) is 0. The highest BCUT2D eigenvalue weighted by atomic mass is 32.2. The highest BCUT2D eigenvalue weighted by Crippen LogP contribution is 2.29. The molecule has 0 saturated carbocycles. The fourth-order valence-corrected chi connectivity index (χ4v) is 6.18. The van der Waals surface area contributed by atoms with Gasteiger partial charge in [0.2, 0.25) is 5.91 Å². The first kappa shape index (κ1) is 23.4. The van der Waals surface area contributed by atoms with E-state index < -0.39 is 0 Å². The lowest BCUT2D eigenvalue weighted by atomic mass is 10.1. The Bertz CT molecular complexity index is 1900. The van der Waals surface area contributed by atoms with Gasteiger partial charge in [-0.05, 0) is 61.7 Å². The smallest absolute Gasteiger partial charge is 0.283 e. The molecule has 6 rings (SSSR count). The van der Waals surface area contributed by atoms with Crippen molar-refractivity contribution in [1.29, 1.82) is 0 Å². The van der Waals surface area contributed by atoms with Gasteiger partial charge in [0.25, 0.3) is 5.56 Å². The van der Waals surface area contributed by atoms with Gasteiger partial charge in [0.05, 0.1) is 21.7 Å². The Morgan fingerprint density at radius 2 is 1.89 bits per heavy atom. The normalized spacial score (nSPS) is 11.5. The minimum atomic E-state index is -0.207. The number of H-pyrrole nitrogens is 1. The van der Waals surface area contributed by atoms with Crippen molar-refractivity contribution in [2.24, 2.45) is 0 Å². The number of aromatic amines is 1. The summed E-state index contributed by atoms with van der Waals surface area (Å²) in [5, 5.41) is 4.80. The van der Waals surface area contributed by atoms with Crippen LogP contribution in [0, 0.1) is 20.8 Å². The third kappa shape index (κ3) is 4.20. The van der Waals surface area contributed by atoms with E-state index in [0.717, 1.165) is 43.5 Å². The lowest BCUT2D eigenvalue weighted by Gasteiger charge is -2.15. The van der Waals surface area contributed by atoms with Crippen LogP contribution in [-0.4, -0.2) is 31.2 Å². The number of carbonyl (C=O) groups is 1. The second kappa shape index (κ2) is 9.17. The summed E-state index contributed by atoms with van der Waals surface area (Å²) in [5.41, 5.74) is 6.51. The average molecular weight is 526 g/mol. The van der Waals surface area contributed by atoms with Crippen LogP contribution >= 0.6 is 23.1 Å². The molecule has 0 aliphatic carbocycles. The lowest BCUT2D eigenvalue weighted by molar-refractivity contribution is -0.113. The maximum absolute atomic E-state index is 13.8. The number of hydrogen-bond acceptors (Lipinski definition) is 6. The Kier molecular flexibility index (Phi) is 5.81. The zero-order valence-corrected chi connectivity index (χ0v) is 22.1. The second-order valence-corrected chi connectivity index (χ2v) is 10.9. The molecule has 1 amide bonds. The Morgan fingerprint density at radius 3 is 2.76 bits per heavy atom. The molecule has 3 heterocycles. The van der Waals surface area contributed by atoms with E-state index in [4.69, 9.17) is 4.98 Å². The summed E-state index contributed by atoms with van der Waals surface area (Å²) in [6, 6.07) is 19.6. The van der Waals surface area contributed by atoms with Crippen molar-refractivity contribution in [3.8, 4) is 5.69 Å². The number of rotatable bonds is 5. The maximum Gasteiger partial charge on any atom is 0.283 e. The Hall–Kier alpha value is -3.95. The van der Waals surface area contributed by atoms with Crippen LogP contribution in [0.5, 0.6) is 0 Å². The monoisotopic (exact) mass is 525 g/mol. The lowest BCUT2D eigenvalue weighted by Crippen LogP contribution is -2.23. The van der Waals surface area contributed by atoms with E-state index in [0.29, 0.717) is 21.3 Å². The number of thioether (sulfide) groups is 1. The van der Waals surface area contributed by atoms with E-state index in [2.05, 4.69) is 21.4 Å². The quantitative estimate of drug-likeness (QED) is 0.209. The van der Waals surface area contributed by atoms with Crippen LogP contribution in [0.4, 0.5) is 5.13 Å². The number of nitrogens with zero attached hydrogens (tertiary/aromatic N) is 3. The van der Waals surface area contributed by atoms with Gasteiger partial charge in [0.1, 0.15) is 11.0 Å².